The van der Waals surface area contributed by atoms with E-state index in [1.807, 2.05) is 31.3 Å². The Morgan fingerprint density at radius 1 is 1.17 bits per heavy atom. The second-order valence-corrected chi connectivity index (χ2v) is 5.45. The Balaban J connectivity index is 2.28. The van der Waals surface area contributed by atoms with E-state index < -0.39 is 0 Å². The van der Waals surface area contributed by atoms with Crippen molar-refractivity contribution in [3.05, 3.63) is 57.2 Å². The average Bonchev–Trinajstić information content (AvgIpc) is 2.33. The topological polar surface area (TPSA) is 21.3 Å². The van der Waals surface area contributed by atoms with Gasteiger partial charge in [-0.2, -0.15) is 0 Å². The molecule has 0 aliphatic heterocycles. The molecule has 0 aliphatic carbocycles. The number of hydrogen-bond donors (Lipinski definition) is 1. The van der Waals surface area contributed by atoms with E-state index in [2.05, 4.69) is 53.0 Å². The minimum Gasteiger partial charge on any atom is -0.457 e. The summed E-state index contributed by atoms with van der Waals surface area (Å²) in [4.78, 5) is 0. The van der Waals surface area contributed by atoms with E-state index in [9.17, 15) is 0 Å². The lowest BCUT2D eigenvalue weighted by Gasteiger charge is -2.12. The molecular formula is C15H16INO. The average molecular weight is 353 g/mol. The summed E-state index contributed by atoms with van der Waals surface area (Å²) >= 11 is 2.29. The summed E-state index contributed by atoms with van der Waals surface area (Å²) in [5, 5.41) is 3.17. The number of halogens is 1. The Hall–Kier alpha value is -1.07. The minimum absolute atomic E-state index is 0.806. The molecule has 94 valence electrons. The molecule has 0 aliphatic rings. The SMILES string of the molecule is CNCc1cc(C)ccc1Oc1cccc(I)c1. The van der Waals surface area contributed by atoms with E-state index in [0.717, 1.165) is 18.0 Å². The van der Waals surface area contributed by atoms with Crippen LogP contribution in [0.4, 0.5) is 0 Å². The highest BCUT2D eigenvalue weighted by Gasteiger charge is 2.05. The lowest BCUT2D eigenvalue weighted by Crippen LogP contribution is -2.06. The van der Waals surface area contributed by atoms with Gasteiger partial charge in [-0.3, -0.25) is 0 Å². The van der Waals surface area contributed by atoms with Gasteiger partial charge in [-0.25, -0.2) is 0 Å². The van der Waals surface area contributed by atoms with Crippen molar-refractivity contribution in [2.45, 2.75) is 13.5 Å². The first-order valence-electron chi connectivity index (χ1n) is 5.86. The van der Waals surface area contributed by atoms with Crippen LogP contribution < -0.4 is 10.1 Å². The van der Waals surface area contributed by atoms with E-state index in [0.29, 0.717) is 0 Å². The number of benzene rings is 2. The Morgan fingerprint density at radius 2 is 2.00 bits per heavy atom. The summed E-state index contributed by atoms with van der Waals surface area (Å²) in [5.74, 6) is 1.79. The van der Waals surface area contributed by atoms with Crippen LogP contribution in [0.25, 0.3) is 0 Å². The normalized spacial score (nSPS) is 10.4. The van der Waals surface area contributed by atoms with Crippen LogP contribution in [0.1, 0.15) is 11.1 Å². The molecule has 0 aromatic heterocycles. The van der Waals surface area contributed by atoms with Gasteiger partial charge in [0.1, 0.15) is 11.5 Å². The molecule has 2 aromatic carbocycles. The smallest absolute Gasteiger partial charge is 0.131 e. The van der Waals surface area contributed by atoms with Crippen LogP contribution in [0, 0.1) is 10.5 Å². The molecule has 0 fully saturated rings. The molecular weight excluding hydrogens is 337 g/mol. The Labute approximate surface area is 122 Å². The predicted molar refractivity (Wildman–Crippen MR) is 83.2 cm³/mol. The highest BCUT2D eigenvalue weighted by atomic mass is 127. The summed E-state index contributed by atoms with van der Waals surface area (Å²) in [6.45, 7) is 2.90. The lowest BCUT2D eigenvalue weighted by molar-refractivity contribution is 0.474. The van der Waals surface area contributed by atoms with Gasteiger partial charge in [-0.15, -0.1) is 0 Å². The summed E-state index contributed by atoms with van der Waals surface area (Å²) in [5.41, 5.74) is 2.42. The summed E-state index contributed by atoms with van der Waals surface area (Å²) in [6, 6.07) is 14.3. The maximum absolute atomic E-state index is 5.95. The molecule has 2 rings (SSSR count). The zero-order chi connectivity index (χ0) is 13.0. The first-order valence-corrected chi connectivity index (χ1v) is 6.94. The van der Waals surface area contributed by atoms with Crippen LogP contribution in [0.3, 0.4) is 0 Å². The van der Waals surface area contributed by atoms with Gasteiger partial charge in [0.15, 0.2) is 0 Å². The largest absolute Gasteiger partial charge is 0.457 e. The molecule has 18 heavy (non-hydrogen) atoms. The van der Waals surface area contributed by atoms with Gasteiger partial charge in [0.25, 0.3) is 0 Å². The molecule has 0 atom stereocenters. The number of hydrogen-bond acceptors (Lipinski definition) is 2. The van der Waals surface area contributed by atoms with Crippen molar-refractivity contribution in [3.8, 4) is 11.5 Å². The monoisotopic (exact) mass is 353 g/mol. The van der Waals surface area contributed by atoms with Crippen molar-refractivity contribution in [1.82, 2.24) is 5.32 Å². The first-order chi connectivity index (χ1) is 8.69. The molecule has 2 aromatic rings. The van der Waals surface area contributed by atoms with Crippen LogP contribution in [0.5, 0.6) is 11.5 Å². The molecule has 0 radical (unpaired) electrons. The highest BCUT2D eigenvalue weighted by Crippen LogP contribution is 2.27. The van der Waals surface area contributed by atoms with Crippen LogP contribution in [0.2, 0.25) is 0 Å². The molecule has 3 heteroatoms. The van der Waals surface area contributed by atoms with Crippen LogP contribution >= 0.6 is 22.6 Å². The Kier molecular flexibility index (Phi) is 4.60. The number of ether oxygens (including phenoxy) is 1. The maximum atomic E-state index is 5.95. The van der Waals surface area contributed by atoms with Gasteiger partial charge in [0.2, 0.25) is 0 Å². The van der Waals surface area contributed by atoms with Crippen molar-refractivity contribution in [1.29, 1.82) is 0 Å². The van der Waals surface area contributed by atoms with E-state index in [1.54, 1.807) is 0 Å². The number of rotatable bonds is 4. The zero-order valence-electron chi connectivity index (χ0n) is 10.5. The molecule has 0 spiro atoms. The van der Waals surface area contributed by atoms with E-state index in [4.69, 9.17) is 4.74 Å². The van der Waals surface area contributed by atoms with Gasteiger partial charge < -0.3 is 10.1 Å². The Morgan fingerprint density at radius 3 is 2.72 bits per heavy atom. The summed E-state index contributed by atoms with van der Waals surface area (Å²) in [7, 11) is 1.94. The van der Waals surface area contributed by atoms with Gasteiger partial charge in [-0.05, 0) is 60.8 Å². The van der Waals surface area contributed by atoms with Gasteiger partial charge >= 0.3 is 0 Å². The second kappa shape index (κ2) is 6.20. The van der Waals surface area contributed by atoms with Crippen molar-refractivity contribution in [3.63, 3.8) is 0 Å². The molecule has 0 amide bonds. The number of nitrogens with one attached hydrogen (secondary N) is 1. The molecule has 0 heterocycles. The molecule has 0 unspecified atom stereocenters. The van der Waals surface area contributed by atoms with Crippen molar-refractivity contribution < 1.29 is 4.74 Å². The van der Waals surface area contributed by atoms with Crippen molar-refractivity contribution >= 4 is 22.6 Å². The third-order valence-corrected chi connectivity index (χ3v) is 3.28. The van der Waals surface area contributed by atoms with E-state index in [1.165, 1.54) is 14.7 Å². The fourth-order valence-corrected chi connectivity index (χ4v) is 2.31. The molecule has 0 saturated heterocycles. The van der Waals surface area contributed by atoms with Crippen LogP contribution in [0.15, 0.2) is 42.5 Å². The maximum Gasteiger partial charge on any atom is 0.131 e. The second-order valence-electron chi connectivity index (χ2n) is 4.20. The lowest BCUT2D eigenvalue weighted by atomic mass is 10.1. The fraction of sp³-hybridized carbons (Fsp3) is 0.200. The van der Waals surface area contributed by atoms with E-state index >= 15 is 0 Å². The van der Waals surface area contributed by atoms with Gasteiger partial charge in [0.05, 0.1) is 0 Å². The minimum atomic E-state index is 0.806. The van der Waals surface area contributed by atoms with Crippen molar-refractivity contribution in [2.75, 3.05) is 7.05 Å². The molecule has 2 nitrogen and oxygen atoms in total. The fourth-order valence-electron chi connectivity index (χ4n) is 1.79. The third-order valence-electron chi connectivity index (χ3n) is 2.61. The first kappa shape index (κ1) is 13.4. The van der Waals surface area contributed by atoms with Crippen LogP contribution in [-0.4, -0.2) is 7.05 Å². The third kappa shape index (κ3) is 3.46. The zero-order valence-corrected chi connectivity index (χ0v) is 12.7. The highest BCUT2D eigenvalue weighted by molar-refractivity contribution is 14.1. The summed E-state index contributed by atoms with van der Waals surface area (Å²) < 4.78 is 7.13. The van der Waals surface area contributed by atoms with E-state index in [-0.39, 0.29) is 0 Å². The molecule has 0 saturated carbocycles. The predicted octanol–water partition coefficient (Wildman–Crippen LogP) is 4.11. The quantitative estimate of drug-likeness (QED) is 0.836. The molecule has 0 bridgehead atoms. The van der Waals surface area contributed by atoms with Gasteiger partial charge in [-0.1, -0.05) is 23.8 Å². The molecule has 1 N–H and O–H groups in total. The standard InChI is InChI=1S/C15H16INO/c1-11-6-7-15(12(8-11)10-17-2)18-14-5-3-4-13(16)9-14/h3-9,17H,10H2,1-2H3. The number of aryl methyl sites for hydroxylation is 1. The Bertz CT molecular complexity index is 540. The summed E-state index contributed by atoms with van der Waals surface area (Å²) in [6.07, 6.45) is 0. The van der Waals surface area contributed by atoms with Crippen LogP contribution in [-0.2, 0) is 6.54 Å². The van der Waals surface area contributed by atoms with Gasteiger partial charge in [0, 0.05) is 15.7 Å². The van der Waals surface area contributed by atoms with Crippen molar-refractivity contribution in [2.24, 2.45) is 0 Å².